The van der Waals surface area contributed by atoms with Crippen LogP contribution in [0.2, 0.25) is 0 Å². The molecule has 0 unspecified atom stereocenters. The first-order valence-electron chi connectivity index (χ1n) is 13.0. The second kappa shape index (κ2) is 8.94. The fourth-order valence-electron chi connectivity index (χ4n) is 6.78. The molecule has 3 aliphatic rings. The monoisotopic (exact) mass is 564 g/mol. The molecule has 9 heteroatoms. The van der Waals surface area contributed by atoms with Crippen molar-refractivity contribution < 1.29 is 21.6 Å². The summed E-state index contributed by atoms with van der Waals surface area (Å²) in [6.45, 7) is 8.42. The Morgan fingerprint density at radius 2 is 1.46 bits per heavy atom. The molecule has 0 radical (unpaired) electrons. The van der Waals surface area contributed by atoms with Crippen LogP contribution in [0.25, 0.3) is 0 Å². The first-order chi connectivity index (χ1) is 18.5. The van der Waals surface area contributed by atoms with Crippen LogP contribution in [0, 0.1) is 13.8 Å². The van der Waals surface area contributed by atoms with Gasteiger partial charge < -0.3 is 4.74 Å². The van der Waals surface area contributed by atoms with Gasteiger partial charge in [0.25, 0.3) is 10.0 Å². The van der Waals surface area contributed by atoms with Crippen molar-refractivity contribution in [3.63, 3.8) is 0 Å². The van der Waals surface area contributed by atoms with Crippen LogP contribution in [0.1, 0.15) is 36.0 Å². The molecule has 0 amide bonds. The molecule has 3 aromatic rings. The minimum atomic E-state index is -4.04. The number of piperidine rings is 1. The Labute approximate surface area is 230 Å². The number of aryl methyl sites for hydroxylation is 2. The molecule has 39 heavy (non-hydrogen) atoms. The molecule has 2 heterocycles. The largest absolute Gasteiger partial charge is 0.497 e. The summed E-state index contributed by atoms with van der Waals surface area (Å²) < 4.78 is 65.4. The quantitative estimate of drug-likeness (QED) is 0.410. The maximum atomic E-state index is 14.4. The number of benzene rings is 3. The Morgan fingerprint density at radius 3 is 2.05 bits per heavy atom. The van der Waals surface area contributed by atoms with Crippen LogP contribution in [-0.4, -0.2) is 46.9 Å². The number of hydrogen-bond acceptors (Lipinski definition) is 5. The lowest BCUT2D eigenvalue weighted by Gasteiger charge is -2.54. The SMILES string of the molecule is C=C1C[C@@H]2[C@@H]3N(S(=O)(=O)c4ccc(C)cc4)c4cc(OC)ccc4[C@]3(CCN2S(=O)(=O)c2ccc(C)cc2)C1. The van der Waals surface area contributed by atoms with Crippen molar-refractivity contribution in [1.29, 1.82) is 0 Å². The molecule has 2 aliphatic heterocycles. The van der Waals surface area contributed by atoms with Gasteiger partial charge in [-0.3, -0.25) is 4.31 Å². The van der Waals surface area contributed by atoms with E-state index in [1.165, 1.54) is 8.61 Å². The van der Waals surface area contributed by atoms with E-state index < -0.39 is 37.5 Å². The van der Waals surface area contributed by atoms with Gasteiger partial charge in [-0.15, -0.1) is 0 Å². The zero-order valence-corrected chi connectivity index (χ0v) is 23.9. The van der Waals surface area contributed by atoms with Crippen molar-refractivity contribution in [1.82, 2.24) is 4.31 Å². The third-order valence-electron chi connectivity index (χ3n) is 8.58. The summed E-state index contributed by atoms with van der Waals surface area (Å²) in [5.74, 6) is 0.547. The van der Waals surface area contributed by atoms with E-state index in [0.29, 0.717) is 37.2 Å². The molecule has 0 spiro atoms. The molecule has 0 N–H and O–H groups in total. The van der Waals surface area contributed by atoms with E-state index in [1.54, 1.807) is 61.7 Å². The fourth-order valence-corrected chi connectivity index (χ4v) is 10.2. The summed E-state index contributed by atoms with van der Waals surface area (Å²) in [5, 5.41) is 0. The van der Waals surface area contributed by atoms with E-state index in [2.05, 4.69) is 6.58 Å². The highest BCUT2D eigenvalue weighted by Gasteiger charge is 2.64. The molecular weight excluding hydrogens is 532 g/mol. The Kier molecular flexibility index (Phi) is 5.98. The zero-order chi connectivity index (χ0) is 27.7. The van der Waals surface area contributed by atoms with Crippen molar-refractivity contribution in [3.8, 4) is 5.75 Å². The number of rotatable bonds is 5. The van der Waals surface area contributed by atoms with Crippen LogP contribution in [0.15, 0.2) is 88.7 Å². The summed E-state index contributed by atoms with van der Waals surface area (Å²) >= 11 is 0. The smallest absolute Gasteiger partial charge is 0.264 e. The van der Waals surface area contributed by atoms with Crippen LogP contribution in [0.3, 0.4) is 0 Å². The molecule has 0 aromatic heterocycles. The number of nitrogens with zero attached hydrogens (tertiary/aromatic N) is 2. The average molecular weight is 565 g/mol. The van der Waals surface area contributed by atoms with Gasteiger partial charge in [-0.25, -0.2) is 16.8 Å². The van der Waals surface area contributed by atoms with Crippen LogP contribution in [0.4, 0.5) is 5.69 Å². The zero-order valence-electron chi connectivity index (χ0n) is 22.3. The summed E-state index contributed by atoms with van der Waals surface area (Å²) in [6.07, 6.45) is 1.48. The lowest BCUT2D eigenvalue weighted by molar-refractivity contribution is 0.120. The summed E-state index contributed by atoms with van der Waals surface area (Å²) in [7, 11) is -6.38. The Hall–Kier alpha value is -3.14. The maximum absolute atomic E-state index is 14.4. The van der Waals surface area contributed by atoms with Gasteiger partial charge in [0.1, 0.15) is 5.75 Å². The van der Waals surface area contributed by atoms with Crippen LogP contribution >= 0.6 is 0 Å². The van der Waals surface area contributed by atoms with E-state index in [4.69, 9.17) is 4.74 Å². The molecule has 204 valence electrons. The van der Waals surface area contributed by atoms with Crippen molar-refractivity contribution >= 4 is 25.7 Å². The number of ether oxygens (including phenoxy) is 1. The van der Waals surface area contributed by atoms with Gasteiger partial charge in [-0.1, -0.05) is 53.6 Å². The van der Waals surface area contributed by atoms with E-state index in [0.717, 1.165) is 22.3 Å². The maximum Gasteiger partial charge on any atom is 0.264 e. The third-order valence-corrected chi connectivity index (χ3v) is 12.3. The number of hydrogen-bond donors (Lipinski definition) is 0. The number of anilines is 1. The van der Waals surface area contributed by atoms with E-state index >= 15 is 0 Å². The Balaban J connectivity index is 1.56. The van der Waals surface area contributed by atoms with Gasteiger partial charge in [0.05, 0.1) is 34.7 Å². The molecule has 6 rings (SSSR count). The lowest BCUT2D eigenvalue weighted by Crippen LogP contribution is -2.66. The van der Waals surface area contributed by atoms with Gasteiger partial charge in [0.2, 0.25) is 10.0 Å². The average Bonchev–Trinajstić information content (AvgIpc) is 3.20. The first kappa shape index (κ1) is 26.1. The summed E-state index contributed by atoms with van der Waals surface area (Å²) in [5.41, 5.74) is 3.72. The van der Waals surface area contributed by atoms with Gasteiger partial charge in [-0.2, -0.15) is 4.31 Å². The minimum absolute atomic E-state index is 0.175. The van der Waals surface area contributed by atoms with E-state index in [9.17, 15) is 16.8 Å². The predicted molar refractivity (Wildman–Crippen MR) is 151 cm³/mol. The minimum Gasteiger partial charge on any atom is -0.497 e. The van der Waals surface area contributed by atoms with Crippen LogP contribution < -0.4 is 9.04 Å². The van der Waals surface area contributed by atoms with Gasteiger partial charge in [-0.05, 0) is 69.0 Å². The highest BCUT2D eigenvalue weighted by molar-refractivity contribution is 7.93. The Morgan fingerprint density at radius 1 is 0.872 bits per heavy atom. The second-order valence-corrected chi connectivity index (χ2v) is 14.7. The summed E-state index contributed by atoms with van der Waals surface area (Å²) in [4.78, 5) is 0.385. The van der Waals surface area contributed by atoms with Gasteiger partial charge >= 0.3 is 0 Å². The van der Waals surface area contributed by atoms with E-state index in [1.807, 2.05) is 26.0 Å². The van der Waals surface area contributed by atoms with Crippen LogP contribution in [0.5, 0.6) is 5.75 Å². The number of fused-ring (bicyclic) bond motifs is 1. The van der Waals surface area contributed by atoms with Crippen molar-refractivity contribution in [3.05, 3.63) is 95.6 Å². The second-order valence-electron chi connectivity index (χ2n) is 11.0. The van der Waals surface area contributed by atoms with Gasteiger partial charge in [0, 0.05) is 18.0 Å². The standard InChI is InChI=1S/C30H32N2O5S2/c1-20-5-10-24(11-6-20)38(33,34)31-16-15-30-19-22(3)17-28(31)29(30)32(27-18-23(37-4)9-14-26(27)30)39(35,36)25-12-7-21(2)8-13-25/h5-14,18,28-29H,3,15-17,19H2,1-2,4H3/t28-,29+,30+/m1/s1. The molecule has 2 bridgehead atoms. The fraction of sp³-hybridized carbons (Fsp3) is 0.333. The molecule has 7 nitrogen and oxygen atoms in total. The molecule has 1 saturated heterocycles. The van der Waals surface area contributed by atoms with E-state index in [-0.39, 0.29) is 9.79 Å². The highest BCUT2D eigenvalue weighted by atomic mass is 32.2. The molecule has 3 atom stereocenters. The van der Waals surface area contributed by atoms with Gasteiger partial charge in [0.15, 0.2) is 0 Å². The summed E-state index contributed by atoms with van der Waals surface area (Å²) in [6, 6.07) is 18.0. The Bertz CT molecular complexity index is 1680. The molecule has 1 saturated carbocycles. The van der Waals surface area contributed by atoms with Crippen LogP contribution in [-0.2, 0) is 25.5 Å². The lowest BCUT2D eigenvalue weighted by atomic mass is 9.61. The molecular formula is C30H32N2O5S2. The first-order valence-corrected chi connectivity index (χ1v) is 15.9. The number of sulfonamides is 2. The highest BCUT2D eigenvalue weighted by Crippen LogP contribution is 2.60. The van der Waals surface area contributed by atoms with Crippen molar-refractivity contribution in [2.24, 2.45) is 0 Å². The molecule has 1 aliphatic carbocycles. The predicted octanol–water partition coefficient (Wildman–Crippen LogP) is 4.94. The molecule has 2 fully saturated rings. The van der Waals surface area contributed by atoms with Crippen molar-refractivity contribution in [2.45, 2.75) is 60.4 Å². The topological polar surface area (TPSA) is 84.0 Å². The normalized spacial score (nSPS) is 24.8. The third kappa shape index (κ3) is 3.85. The van der Waals surface area contributed by atoms with Crippen molar-refractivity contribution in [2.75, 3.05) is 18.0 Å². The number of methoxy groups -OCH3 is 1. The molecule has 3 aromatic carbocycles.